The second-order valence-electron chi connectivity index (χ2n) is 6.91. The van der Waals surface area contributed by atoms with Gasteiger partial charge in [-0.2, -0.15) is 8.42 Å². The maximum atomic E-state index is 12.7. The molecule has 1 unspecified atom stereocenters. The van der Waals surface area contributed by atoms with Crippen molar-refractivity contribution in [3.63, 3.8) is 0 Å². The Hall–Kier alpha value is -3.56. The van der Waals surface area contributed by atoms with Crippen LogP contribution in [-0.4, -0.2) is 25.4 Å². The molecule has 0 N–H and O–H groups in total. The Labute approximate surface area is 185 Å². The quantitative estimate of drug-likeness (QED) is 0.196. The molecule has 0 amide bonds. The molecule has 0 aliphatic carbocycles. The Kier molecular flexibility index (Phi) is 7.69. The van der Waals surface area contributed by atoms with Crippen molar-refractivity contribution in [2.75, 3.05) is 0 Å². The highest BCUT2D eigenvalue weighted by atomic mass is 32.2. The number of hydrogen-bond acceptors (Lipinski definition) is 7. The van der Waals surface area contributed by atoms with Gasteiger partial charge in [0, 0.05) is 12.1 Å². The first-order valence-electron chi connectivity index (χ1n) is 9.77. The molecular formula is C23H21NO7S. The van der Waals surface area contributed by atoms with Gasteiger partial charge in [0.05, 0.1) is 9.82 Å². The van der Waals surface area contributed by atoms with Crippen molar-refractivity contribution in [1.82, 2.24) is 0 Å². The minimum atomic E-state index is -4.36. The molecule has 0 radical (unpaired) electrons. The third kappa shape index (κ3) is 6.47. The van der Waals surface area contributed by atoms with Gasteiger partial charge in [-0.25, -0.2) is 4.79 Å². The van der Waals surface area contributed by atoms with Gasteiger partial charge in [0.2, 0.25) is 0 Å². The normalized spacial score (nSPS) is 12.1. The van der Waals surface area contributed by atoms with Crippen molar-refractivity contribution in [2.24, 2.45) is 0 Å². The first-order valence-corrected chi connectivity index (χ1v) is 11.2. The zero-order chi connectivity index (χ0) is 23.0. The lowest BCUT2D eigenvalue weighted by molar-refractivity contribution is -0.384. The maximum Gasteiger partial charge on any atom is 0.337 e. The molecule has 9 heteroatoms. The minimum Gasteiger partial charge on any atom is -0.459 e. The zero-order valence-electron chi connectivity index (χ0n) is 17.0. The van der Waals surface area contributed by atoms with Crippen LogP contribution in [0.5, 0.6) is 0 Å². The van der Waals surface area contributed by atoms with Gasteiger partial charge in [-0.05, 0) is 36.1 Å². The lowest BCUT2D eigenvalue weighted by atomic mass is 10.1. The average Bonchev–Trinajstić information content (AvgIpc) is 2.81. The van der Waals surface area contributed by atoms with Crippen LogP contribution in [0.4, 0.5) is 5.69 Å². The van der Waals surface area contributed by atoms with E-state index >= 15 is 0 Å². The topological polar surface area (TPSA) is 113 Å². The molecule has 0 fully saturated rings. The largest absolute Gasteiger partial charge is 0.459 e. The van der Waals surface area contributed by atoms with Crippen molar-refractivity contribution >= 4 is 21.8 Å². The Bertz CT molecular complexity index is 1150. The Morgan fingerprint density at radius 3 is 2.00 bits per heavy atom. The van der Waals surface area contributed by atoms with E-state index in [-0.39, 0.29) is 23.6 Å². The summed E-state index contributed by atoms with van der Waals surface area (Å²) in [4.78, 5) is 22.6. The SMILES string of the molecule is O=C(OCc1ccccc1)C(CCc1ccccc1)OS(=O)(=O)c1ccc([N+](=O)[O-])cc1. The number of benzene rings is 3. The molecule has 1 atom stereocenters. The molecular weight excluding hydrogens is 434 g/mol. The number of non-ortho nitro benzene ring substituents is 1. The lowest BCUT2D eigenvalue weighted by Crippen LogP contribution is -2.30. The van der Waals surface area contributed by atoms with Crippen LogP contribution >= 0.6 is 0 Å². The van der Waals surface area contributed by atoms with Crippen LogP contribution < -0.4 is 0 Å². The highest BCUT2D eigenvalue weighted by Crippen LogP contribution is 2.21. The summed E-state index contributed by atoms with van der Waals surface area (Å²) in [7, 11) is -4.36. The first-order chi connectivity index (χ1) is 15.3. The van der Waals surface area contributed by atoms with Crippen molar-refractivity contribution < 1.29 is 27.1 Å². The summed E-state index contributed by atoms with van der Waals surface area (Å²) in [6, 6.07) is 22.5. The fourth-order valence-corrected chi connectivity index (χ4v) is 3.97. The van der Waals surface area contributed by atoms with Crippen LogP contribution in [0.2, 0.25) is 0 Å². The number of carbonyl (C=O) groups is 1. The summed E-state index contributed by atoms with van der Waals surface area (Å²) in [6.07, 6.45) is -0.912. The fourth-order valence-electron chi connectivity index (χ4n) is 2.91. The van der Waals surface area contributed by atoms with E-state index in [4.69, 9.17) is 8.92 Å². The van der Waals surface area contributed by atoms with Gasteiger partial charge in [0.25, 0.3) is 15.8 Å². The summed E-state index contributed by atoms with van der Waals surface area (Å²) in [5.74, 6) is -0.810. The van der Waals surface area contributed by atoms with Crippen LogP contribution in [0, 0.1) is 10.1 Å². The molecule has 0 saturated heterocycles. The Morgan fingerprint density at radius 1 is 0.875 bits per heavy atom. The van der Waals surface area contributed by atoms with Crippen LogP contribution in [0.15, 0.2) is 89.8 Å². The van der Waals surface area contributed by atoms with Crippen LogP contribution in [0.25, 0.3) is 0 Å². The van der Waals surface area contributed by atoms with Crippen molar-refractivity contribution in [3.8, 4) is 0 Å². The molecule has 0 aromatic heterocycles. The second-order valence-corrected chi connectivity index (χ2v) is 8.48. The predicted molar refractivity (Wildman–Crippen MR) is 116 cm³/mol. The molecule has 3 rings (SSSR count). The molecule has 0 aliphatic rings. The highest BCUT2D eigenvalue weighted by molar-refractivity contribution is 7.86. The third-order valence-corrected chi connectivity index (χ3v) is 5.94. The molecule has 166 valence electrons. The molecule has 0 spiro atoms. The Balaban J connectivity index is 1.75. The van der Waals surface area contributed by atoms with E-state index in [1.165, 1.54) is 0 Å². The first kappa shape index (κ1) is 23.1. The number of hydrogen-bond donors (Lipinski definition) is 0. The third-order valence-electron chi connectivity index (χ3n) is 4.60. The van der Waals surface area contributed by atoms with Crippen LogP contribution in [-0.2, 0) is 36.9 Å². The lowest BCUT2D eigenvalue weighted by Gasteiger charge is -2.17. The summed E-state index contributed by atoms with van der Waals surface area (Å²) in [5.41, 5.74) is 1.40. The van der Waals surface area contributed by atoms with Gasteiger partial charge < -0.3 is 4.74 Å². The standard InChI is InChI=1S/C23H21NO7S/c25-23(30-17-19-9-5-2-6-10-19)22(16-11-18-7-3-1-4-8-18)31-32(28,29)21-14-12-20(13-15-21)24(26)27/h1-10,12-15,22H,11,16-17H2. The molecule has 0 bridgehead atoms. The van der Waals surface area contributed by atoms with E-state index in [2.05, 4.69) is 0 Å². The summed E-state index contributed by atoms with van der Waals surface area (Å²) in [5, 5.41) is 10.8. The monoisotopic (exact) mass is 455 g/mol. The number of nitrogens with zero attached hydrogens (tertiary/aromatic N) is 1. The number of ether oxygens (including phenoxy) is 1. The van der Waals surface area contributed by atoms with Crippen molar-refractivity contribution in [2.45, 2.75) is 30.4 Å². The number of nitro groups is 1. The van der Waals surface area contributed by atoms with Gasteiger partial charge in [-0.1, -0.05) is 60.7 Å². The summed E-state index contributed by atoms with van der Waals surface area (Å²) < 4.78 is 35.9. The van der Waals surface area contributed by atoms with Crippen LogP contribution in [0.3, 0.4) is 0 Å². The zero-order valence-corrected chi connectivity index (χ0v) is 17.8. The van der Waals surface area contributed by atoms with E-state index in [1.807, 2.05) is 36.4 Å². The number of rotatable bonds is 10. The minimum absolute atomic E-state index is 0.0253. The molecule has 8 nitrogen and oxygen atoms in total. The van der Waals surface area contributed by atoms with Gasteiger partial charge in [0.15, 0.2) is 6.10 Å². The number of nitro benzene ring substituents is 1. The predicted octanol–water partition coefficient (Wildman–Crippen LogP) is 4.04. The van der Waals surface area contributed by atoms with Crippen molar-refractivity contribution in [3.05, 3.63) is 106 Å². The second kappa shape index (κ2) is 10.7. The van der Waals surface area contributed by atoms with E-state index in [1.54, 1.807) is 24.3 Å². The fraction of sp³-hybridized carbons (Fsp3) is 0.174. The van der Waals surface area contributed by atoms with E-state index in [9.17, 15) is 23.3 Å². The number of esters is 1. The highest BCUT2D eigenvalue weighted by Gasteiger charge is 2.29. The molecule has 3 aromatic carbocycles. The molecule has 0 heterocycles. The van der Waals surface area contributed by atoms with Gasteiger partial charge in [-0.15, -0.1) is 0 Å². The average molecular weight is 455 g/mol. The van der Waals surface area contributed by atoms with Gasteiger partial charge in [0.1, 0.15) is 6.61 Å². The Morgan fingerprint density at radius 2 is 1.44 bits per heavy atom. The van der Waals surface area contributed by atoms with E-state index in [0.717, 1.165) is 35.4 Å². The number of carbonyl (C=O) groups excluding carboxylic acids is 1. The molecule has 0 saturated carbocycles. The van der Waals surface area contributed by atoms with Crippen LogP contribution in [0.1, 0.15) is 17.5 Å². The smallest absolute Gasteiger partial charge is 0.337 e. The maximum absolute atomic E-state index is 12.7. The van der Waals surface area contributed by atoms with E-state index in [0.29, 0.717) is 6.42 Å². The summed E-state index contributed by atoms with van der Waals surface area (Å²) >= 11 is 0. The van der Waals surface area contributed by atoms with Gasteiger partial charge >= 0.3 is 5.97 Å². The van der Waals surface area contributed by atoms with E-state index < -0.39 is 27.1 Å². The van der Waals surface area contributed by atoms with Crippen molar-refractivity contribution in [1.29, 1.82) is 0 Å². The molecule has 0 aliphatic heterocycles. The molecule has 32 heavy (non-hydrogen) atoms. The summed E-state index contributed by atoms with van der Waals surface area (Å²) in [6.45, 7) is -0.0253. The molecule has 3 aromatic rings. The van der Waals surface area contributed by atoms with Gasteiger partial charge in [-0.3, -0.25) is 14.3 Å². The number of aryl methyl sites for hydroxylation is 1.